The van der Waals surface area contributed by atoms with Gasteiger partial charge in [-0.05, 0) is 6.92 Å². The fraction of sp³-hybridized carbons (Fsp3) is 0.500. The molecule has 0 aromatic carbocycles. The van der Waals surface area contributed by atoms with Crippen LogP contribution in [-0.2, 0) is 47.0 Å². The van der Waals surface area contributed by atoms with Crippen LogP contribution in [0.2, 0.25) is 0 Å². The Morgan fingerprint density at radius 1 is 1.80 bits per heavy atom. The number of ketones is 1. The van der Waals surface area contributed by atoms with Crippen LogP contribution >= 0.6 is 0 Å². The first-order chi connectivity index (χ1) is 4.22. The first kappa shape index (κ1) is 13.0. The Kier molecular flexibility index (Phi) is 9.78. The second-order valence-corrected chi connectivity index (χ2v) is 1.53. The van der Waals surface area contributed by atoms with Crippen LogP contribution in [0.4, 0.5) is 0 Å². The van der Waals surface area contributed by atoms with Crippen molar-refractivity contribution in [1.29, 1.82) is 0 Å². The van der Waals surface area contributed by atoms with E-state index in [1.807, 2.05) is 0 Å². The molecule has 1 atom stereocenters. The average Bonchev–Trinajstić information content (AvgIpc) is 1.87. The molecule has 4 heteroatoms. The van der Waals surface area contributed by atoms with E-state index in [4.69, 9.17) is 4.74 Å². The molecule has 0 bridgehead atoms. The maximum absolute atomic E-state index is 10.4. The third-order valence-corrected chi connectivity index (χ3v) is 0.885. The van der Waals surface area contributed by atoms with Gasteiger partial charge in [0.15, 0.2) is 6.29 Å². The quantitative estimate of drug-likeness (QED) is 0.378. The van der Waals surface area contributed by atoms with Crippen molar-refractivity contribution >= 4 is 12.1 Å². The van der Waals surface area contributed by atoms with E-state index in [1.54, 1.807) is 0 Å². The summed E-state index contributed by atoms with van der Waals surface area (Å²) in [5, 5.41) is 0. The van der Waals surface area contributed by atoms with E-state index >= 15 is 0 Å². The van der Waals surface area contributed by atoms with Crippen LogP contribution in [0.25, 0.3) is 0 Å². The molecule has 0 amide bonds. The van der Waals surface area contributed by atoms with E-state index in [9.17, 15) is 9.59 Å². The number of rotatable bonds is 4. The van der Waals surface area contributed by atoms with Crippen molar-refractivity contribution < 1.29 is 47.0 Å². The number of hydrogen-bond donors (Lipinski definition) is 0. The zero-order valence-electron chi connectivity index (χ0n) is 5.87. The summed E-state index contributed by atoms with van der Waals surface area (Å²) in [6.45, 7) is 5.08. The van der Waals surface area contributed by atoms with Gasteiger partial charge in [-0.1, -0.05) is 6.61 Å². The van der Waals surface area contributed by atoms with Gasteiger partial charge in [-0.2, -0.15) is 0 Å². The number of Topliss-reactive ketones (excluding diaryl/α,β-unsaturated/α-hetero) is 1. The summed E-state index contributed by atoms with van der Waals surface area (Å²) in [6.07, 6.45) is -0.389. The number of ether oxygens (including phenoxy) is 1. The van der Waals surface area contributed by atoms with Crippen molar-refractivity contribution in [2.45, 2.75) is 13.0 Å². The molecule has 3 nitrogen and oxygen atoms in total. The summed E-state index contributed by atoms with van der Waals surface area (Å²) in [4.78, 5) is 20.2. The Hall–Kier alpha value is 0.404. The minimum Gasteiger partial charge on any atom is -0.402 e. The molecule has 0 saturated heterocycles. The first-order valence-corrected chi connectivity index (χ1v) is 2.62. The normalized spacial score (nSPS) is 11.4. The van der Waals surface area contributed by atoms with Gasteiger partial charge < -0.3 is 11.7 Å². The van der Waals surface area contributed by atoms with Gasteiger partial charge in [0.25, 0.3) is 0 Å². The van der Waals surface area contributed by atoms with Gasteiger partial charge in [0.05, 0.1) is 0 Å². The minimum atomic E-state index is -0.639. The summed E-state index contributed by atoms with van der Waals surface area (Å²) < 4.78 is 4.70. The zero-order valence-corrected chi connectivity index (χ0v) is 8.71. The molecule has 0 aliphatic carbocycles. The van der Waals surface area contributed by atoms with E-state index in [-0.39, 0.29) is 45.6 Å². The van der Waals surface area contributed by atoms with Crippen LogP contribution in [0.1, 0.15) is 6.92 Å². The molecule has 0 rings (SSSR count). The summed E-state index contributed by atoms with van der Waals surface area (Å²) in [6, 6.07) is 0. The molecule has 0 aromatic rings. The Morgan fingerprint density at radius 3 is 2.60 bits per heavy atom. The van der Waals surface area contributed by atoms with E-state index in [0.29, 0.717) is 0 Å². The van der Waals surface area contributed by atoms with Gasteiger partial charge in [-0.15, -0.1) is 0 Å². The molecule has 0 aliphatic heterocycles. The van der Waals surface area contributed by atoms with Gasteiger partial charge in [0, 0.05) is 32.7 Å². The SMILES string of the molecule is [CH2-]COC(C)C(=O)C=O.[Y]. The largest absolute Gasteiger partial charge is 0.402 e. The molecule has 0 heterocycles. The molecular weight excluding hydrogens is 209 g/mol. The van der Waals surface area contributed by atoms with Crippen molar-refractivity contribution in [2.75, 3.05) is 6.61 Å². The molecule has 0 N–H and O–H groups in total. The Bertz CT molecular complexity index is 114. The van der Waals surface area contributed by atoms with Crippen LogP contribution in [0.5, 0.6) is 0 Å². The molecule has 0 saturated carbocycles. The first-order valence-electron chi connectivity index (χ1n) is 2.62. The third kappa shape index (κ3) is 5.21. The number of carbonyl (C=O) groups excluding carboxylic acids is 2. The monoisotopic (exact) mass is 218 g/mol. The van der Waals surface area contributed by atoms with Gasteiger partial charge >= 0.3 is 0 Å². The van der Waals surface area contributed by atoms with Crippen molar-refractivity contribution in [1.82, 2.24) is 0 Å². The van der Waals surface area contributed by atoms with E-state index in [0.717, 1.165) is 0 Å². The maximum Gasteiger partial charge on any atom is 0.223 e. The maximum atomic E-state index is 10.4. The van der Waals surface area contributed by atoms with E-state index < -0.39 is 11.9 Å². The molecule has 0 spiro atoms. The van der Waals surface area contributed by atoms with Crippen molar-refractivity contribution in [3.8, 4) is 0 Å². The summed E-state index contributed by atoms with van der Waals surface area (Å²) >= 11 is 0. The Morgan fingerprint density at radius 2 is 2.30 bits per heavy atom. The fourth-order valence-corrected chi connectivity index (χ4v) is 0.355. The predicted molar refractivity (Wildman–Crippen MR) is 31.8 cm³/mol. The number of carbonyl (C=O) groups is 2. The predicted octanol–water partition coefficient (Wildman–Crippen LogP) is -0.00891. The molecule has 1 unspecified atom stereocenters. The van der Waals surface area contributed by atoms with Gasteiger partial charge in [-0.25, -0.2) is 0 Å². The van der Waals surface area contributed by atoms with Crippen LogP contribution in [0, 0.1) is 6.92 Å². The van der Waals surface area contributed by atoms with E-state index in [1.165, 1.54) is 6.92 Å². The van der Waals surface area contributed by atoms with Crippen molar-refractivity contribution in [3.63, 3.8) is 0 Å². The van der Waals surface area contributed by atoms with Crippen LogP contribution < -0.4 is 0 Å². The zero-order chi connectivity index (χ0) is 7.28. The van der Waals surface area contributed by atoms with E-state index in [2.05, 4.69) is 6.92 Å². The second-order valence-electron chi connectivity index (χ2n) is 1.53. The summed E-state index contributed by atoms with van der Waals surface area (Å²) in [5.74, 6) is -0.543. The Labute approximate surface area is 85.4 Å². The topological polar surface area (TPSA) is 43.4 Å². The van der Waals surface area contributed by atoms with Crippen molar-refractivity contribution in [3.05, 3.63) is 6.92 Å². The molecule has 0 fully saturated rings. The average molecular weight is 218 g/mol. The fourth-order valence-electron chi connectivity index (χ4n) is 0.355. The number of hydrogen-bond acceptors (Lipinski definition) is 3. The molecule has 1 radical (unpaired) electrons. The molecule has 0 aliphatic rings. The molecule has 0 aromatic heterocycles. The van der Waals surface area contributed by atoms with Crippen LogP contribution in [0.15, 0.2) is 0 Å². The molecule has 55 valence electrons. The third-order valence-electron chi connectivity index (χ3n) is 0.885. The second kappa shape index (κ2) is 7.51. The molecule has 10 heavy (non-hydrogen) atoms. The standard InChI is InChI=1S/C6H9O3.Y/c1-3-9-5(2)6(8)4-7;/h4-5H,1,3H2,2H3;/q-1;. The van der Waals surface area contributed by atoms with Gasteiger partial charge in [-0.3, -0.25) is 9.59 Å². The van der Waals surface area contributed by atoms with Gasteiger partial charge in [0.1, 0.15) is 6.10 Å². The minimum absolute atomic E-state index is 0. The molecular formula is C6H9O3Y-. The number of aldehydes is 1. The van der Waals surface area contributed by atoms with Gasteiger partial charge in [0.2, 0.25) is 5.78 Å². The smallest absolute Gasteiger partial charge is 0.223 e. The Balaban J connectivity index is 0. The van der Waals surface area contributed by atoms with Crippen LogP contribution in [0.3, 0.4) is 0 Å². The summed E-state index contributed by atoms with van der Waals surface area (Å²) in [7, 11) is 0. The van der Waals surface area contributed by atoms with Crippen molar-refractivity contribution in [2.24, 2.45) is 0 Å². The summed E-state index contributed by atoms with van der Waals surface area (Å²) in [5.41, 5.74) is 0. The van der Waals surface area contributed by atoms with Crippen LogP contribution in [-0.4, -0.2) is 24.8 Å².